The summed E-state index contributed by atoms with van der Waals surface area (Å²) in [6, 6.07) is 7.43. The van der Waals surface area contributed by atoms with Gasteiger partial charge < -0.3 is 19.4 Å². The molecule has 1 N–H and O–H groups in total. The van der Waals surface area contributed by atoms with Crippen molar-refractivity contribution in [2.45, 2.75) is 25.2 Å². The molecule has 2 fully saturated rings. The Kier molecular flexibility index (Phi) is 6.01. The Balaban J connectivity index is 1.32. The van der Waals surface area contributed by atoms with E-state index in [0.717, 1.165) is 55.9 Å². The normalized spacial score (nSPS) is 20.1. The molecule has 2 aromatic rings. The van der Waals surface area contributed by atoms with Gasteiger partial charge in [0.25, 0.3) is 11.8 Å². The topological polar surface area (TPSA) is 57.8 Å². The molecule has 4 rings (SSSR count). The third-order valence-corrected chi connectivity index (χ3v) is 5.60. The van der Waals surface area contributed by atoms with Crippen molar-refractivity contribution in [1.82, 2.24) is 14.8 Å². The summed E-state index contributed by atoms with van der Waals surface area (Å²) in [7, 11) is 0. The number of nitrogens with one attached hydrogen (secondary N) is 1. The molecule has 0 bridgehead atoms. The fourth-order valence-electron chi connectivity index (χ4n) is 3.83. The lowest BCUT2D eigenvalue weighted by molar-refractivity contribution is -0.0495. The first-order valence-electron chi connectivity index (χ1n) is 10.2. The summed E-state index contributed by atoms with van der Waals surface area (Å²) in [4.78, 5) is 19.6. The number of carbonyl (C=O) groups is 1. The number of likely N-dealkylation sites (tertiary alicyclic amines) is 1. The van der Waals surface area contributed by atoms with Crippen molar-refractivity contribution in [3.8, 4) is 5.75 Å². The van der Waals surface area contributed by atoms with Gasteiger partial charge in [-0.3, -0.25) is 9.69 Å². The van der Waals surface area contributed by atoms with Crippen LogP contribution < -0.4 is 4.74 Å². The summed E-state index contributed by atoms with van der Waals surface area (Å²) in [6.45, 7) is 5.32. The number of fused-ring (bicyclic) bond motifs is 1. The van der Waals surface area contributed by atoms with Gasteiger partial charge >= 0.3 is 0 Å². The Morgan fingerprint density at radius 3 is 2.66 bits per heavy atom. The van der Waals surface area contributed by atoms with Gasteiger partial charge in [-0.25, -0.2) is 8.78 Å². The molecule has 29 heavy (non-hydrogen) atoms. The fourth-order valence-corrected chi connectivity index (χ4v) is 3.83. The smallest absolute Gasteiger partial charge is 0.270 e. The van der Waals surface area contributed by atoms with Crippen LogP contribution in [0.15, 0.2) is 24.3 Å². The first kappa shape index (κ1) is 20.1. The minimum Gasteiger partial charge on any atom is -0.494 e. The van der Waals surface area contributed by atoms with Crippen LogP contribution >= 0.6 is 0 Å². The van der Waals surface area contributed by atoms with Crippen molar-refractivity contribution < 1.29 is 23.0 Å². The third-order valence-electron chi connectivity index (χ3n) is 5.60. The molecule has 0 atom stereocenters. The Morgan fingerprint density at radius 1 is 1.14 bits per heavy atom. The molecular weight excluding hydrogens is 380 g/mol. The maximum Gasteiger partial charge on any atom is 0.270 e. The monoisotopic (exact) mass is 407 g/mol. The average Bonchev–Trinajstić information content (AvgIpc) is 3.15. The van der Waals surface area contributed by atoms with Crippen LogP contribution in [0.4, 0.5) is 8.78 Å². The van der Waals surface area contributed by atoms with Crippen molar-refractivity contribution in [3.63, 3.8) is 0 Å². The molecule has 2 saturated heterocycles. The quantitative estimate of drug-likeness (QED) is 0.748. The number of amides is 1. The van der Waals surface area contributed by atoms with Crippen molar-refractivity contribution in [1.29, 1.82) is 0 Å². The second-order valence-electron chi connectivity index (χ2n) is 7.74. The molecule has 8 heteroatoms. The number of carbonyl (C=O) groups excluding carboxylic acids is 1. The molecule has 1 aromatic heterocycles. The summed E-state index contributed by atoms with van der Waals surface area (Å²) < 4.78 is 37.9. The molecule has 158 valence electrons. The highest BCUT2D eigenvalue weighted by atomic mass is 19.3. The standard InChI is InChI=1S/C21H27F2N3O3/c22-21(23)4-7-26(8-5-21)20(27)19-15-16-14-17(2-3-18(16)24-19)29-11-1-6-25-9-12-28-13-10-25/h2-3,14-15,24H,1,4-13H2. The lowest BCUT2D eigenvalue weighted by Gasteiger charge is -2.31. The molecular formula is C21H27F2N3O3. The Bertz CT molecular complexity index is 839. The van der Waals surface area contributed by atoms with Crippen LogP contribution in [0.2, 0.25) is 0 Å². The minimum absolute atomic E-state index is 0.0820. The zero-order chi connectivity index (χ0) is 20.3. The summed E-state index contributed by atoms with van der Waals surface area (Å²) >= 11 is 0. The van der Waals surface area contributed by atoms with Crippen LogP contribution in [0.1, 0.15) is 29.8 Å². The molecule has 6 nitrogen and oxygen atoms in total. The zero-order valence-corrected chi connectivity index (χ0v) is 16.5. The number of hydrogen-bond donors (Lipinski definition) is 1. The van der Waals surface area contributed by atoms with Gasteiger partial charge in [0.15, 0.2) is 0 Å². The van der Waals surface area contributed by atoms with E-state index in [1.54, 1.807) is 6.07 Å². The number of hydrogen-bond acceptors (Lipinski definition) is 4. The van der Waals surface area contributed by atoms with E-state index in [4.69, 9.17) is 9.47 Å². The number of aromatic amines is 1. The third kappa shape index (κ3) is 5.05. The largest absolute Gasteiger partial charge is 0.494 e. The van der Waals surface area contributed by atoms with E-state index in [9.17, 15) is 13.6 Å². The van der Waals surface area contributed by atoms with Crippen LogP contribution in [0.5, 0.6) is 5.75 Å². The summed E-state index contributed by atoms with van der Waals surface area (Å²) in [5, 5.41) is 0.876. The van der Waals surface area contributed by atoms with Crippen LogP contribution in [-0.4, -0.2) is 79.2 Å². The number of rotatable bonds is 6. The molecule has 2 aliphatic heterocycles. The van der Waals surface area contributed by atoms with Crippen molar-refractivity contribution in [2.24, 2.45) is 0 Å². The van der Waals surface area contributed by atoms with E-state index in [1.165, 1.54) is 4.90 Å². The van der Waals surface area contributed by atoms with Crippen molar-refractivity contribution in [2.75, 3.05) is 52.5 Å². The highest BCUT2D eigenvalue weighted by Crippen LogP contribution is 2.29. The van der Waals surface area contributed by atoms with Crippen molar-refractivity contribution in [3.05, 3.63) is 30.0 Å². The molecule has 0 radical (unpaired) electrons. The van der Waals surface area contributed by atoms with Crippen LogP contribution in [0.3, 0.4) is 0 Å². The number of H-pyrrole nitrogens is 1. The van der Waals surface area contributed by atoms with Crippen LogP contribution in [0.25, 0.3) is 10.9 Å². The van der Waals surface area contributed by atoms with Gasteiger partial charge in [0, 0.05) is 56.5 Å². The minimum atomic E-state index is -2.66. The van der Waals surface area contributed by atoms with Gasteiger partial charge in [-0.1, -0.05) is 0 Å². The number of benzene rings is 1. The SMILES string of the molecule is O=C(c1cc2cc(OCCCN3CCOCC3)ccc2[nH]1)N1CCC(F)(F)CC1. The molecule has 0 saturated carbocycles. The molecule has 3 heterocycles. The Labute approximate surface area is 168 Å². The molecule has 0 aliphatic carbocycles. The number of alkyl halides is 2. The van der Waals surface area contributed by atoms with E-state index in [-0.39, 0.29) is 31.8 Å². The van der Waals surface area contributed by atoms with Gasteiger partial charge in [0.1, 0.15) is 11.4 Å². The highest BCUT2D eigenvalue weighted by Gasteiger charge is 2.36. The van der Waals surface area contributed by atoms with Gasteiger partial charge in [-0.15, -0.1) is 0 Å². The van der Waals surface area contributed by atoms with Gasteiger partial charge in [0.05, 0.1) is 19.8 Å². The summed E-state index contributed by atoms with van der Waals surface area (Å²) in [6.07, 6.45) is 0.386. The van der Waals surface area contributed by atoms with E-state index in [1.807, 2.05) is 18.2 Å². The number of ether oxygens (including phenoxy) is 2. The maximum atomic E-state index is 13.3. The predicted octanol–water partition coefficient (Wildman–Crippen LogP) is 3.14. The average molecular weight is 407 g/mol. The highest BCUT2D eigenvalue weighted by molar-refractivity contribution is 5.98. The Hall–Kier alpha value is -2.19. The lowest BCUT2D eigenvalue weighted by Crippen LogP contribution is -2.42. The first-order valence-corrected chi connectivity index (χ1v) is 10.2. The molecule has 2 aliphatic rings. The van der Waals surface area contributed by atoms with Gasteiger partial charge in [0.2, 0.25) is 0 Å². The number of piperidine rings is 1. The van der Waals surface area contributed by atoms with Gasteiger partial charge in [-0.05, 0) is 30.7 Å². The lowest BCUT2D eigenvalue weighted by atomic mass is 10.1. The molecule has 1 aromatic carbocycles. The maximum absolute atomic E-state index is 13.3. The van der Waals surface area contributed by atoms with E-state index in [0.29, 0.717) is 12.3 Å². The van der Waals surface area contributed by atoms with Crippen LogP contribution in [-0.2, 0) is 4.74 Å². The van der Waals surface area contributed by atoms with Crippen LogP contribution in [0, 0.1) is 0 Å². The number of halogens is 2. The van der Waals surface area contributed by atoms with E-state index in [2.05, 4.69) is 9.88 Å². The molecule has 0 spiro atoms. The second kappa shape index (κ2) is 8.67. The Morgan fingerprint density at radius 2 is 1.90 bits per heavy atom. The van der Waals surface area contributed by atoms with E-state index < -0.39 is 5.92 Å². The van der Waals surface area contributed by atoms with Gasteiger partial charge in [-0.2, -0.15) is 0 Å². The number of aromatic nitrogens is 1. The summed E-state index contributed by atoms with van der Waals surface area (Å²) in [5.74, 6) is -2.13. The zero-order valence-electron chi connectivity index (χ0n) is 16.5. The first-order chi connectivity index (χ1) is 14.0. The van der Waals surface area contributed by atoms with E-state index >= 15 is 0 Å². The predicted molar refractivity (Wildman–Crippen MR) is 106 cm³/mol. The number of nitrogens with zero attached hydrogens (tertiary/aromatic N) is 2. The second-order valence-corrected chi connectivity index (χ2v) is 7.74. The summed E-state index contributed by atoms with van der Waals surface area (Å²) in [5.41, 5.74) is 1.26. The molecule has 1 amide bonds. The number of morpholine rings is 1. The fraction of sp³-hybridized carbons (Fsp3) is 0.571. The molecule has 0 unspecified atom stereocenters. The van der Waals surface area contributed by atoms with Crippen molar-refractivity contribution >= 4 is 16.8 Å².